The molecule has 0 bridgehead atoms. The van der Waals surface area contributed by atoms with Crippen molar-refractivity contribution in [1.82, 2.24) is 0 Å². The van der Waals surface area contributed by atoms with Crippen LogP contribution in [0.3, 0.4) is 0 Å². The molecule has 1 unspecified atom stereocenters. The zero-order chi connectivity index (χ0) is 13.9. The van der Waals surface area contributed by atoms with Crippen molar-refractivity contribution in [2.24, 2.45) is 5.73 Å². The van der Waals surface area contributed by atoms with Crippen LogP contribution in [0.4, 0.5) is 18.9 Å². The lowest BCUT2D eigenvalue weighted by Gasteiger charge is -2.22. The highest BCUT2D eigenvalue weighted by Gasteiger charge is 2.29. The fraction of sp³-hybridized carbons (Fsp3) is 0.538. The van der Waals surface area contributed by atoms with E-state index < -0.39 is 12.7 Å². The molecule has 0 amide bonds. The van der Waals surface area contributed by atoms with Crippen LogP contribution in [0.5, 0.6) is 0 Å². The Bertz CT molecular complexity index is 400. The second-order valence-electron chi connectivity index (χ2n) is 4.76. The molecular weight excluding hydrogens is 241 g/mol. The van der Waals surface area contributed by atoms with E-state index in [1.807, 2.05) is 19.9 Å². The molecule has 1 atom stereocenters. The molecule has 5 heteroatoms. The summed E-state index contributed by atoms with van der Waals surface area (Å²) in [5.74, 6) is 0. The van der Waals surface area contributed by atoms with Crippen molar-refractivity contribution in [3.05, 3.63) is 29.3 Å². The van der Waals surface area contributed by atoms with Gasteiger partial charge in [0.25, 0.3) is 0 Å². The summed E-state index contributed by atoms with van der Waals surface area (Å²) in [5, 5.41) is 0. The van der Waals surface area contributed by atoms with E-state index in [-0.39, 0.29) is 6.04 Å². The molecule has 2 nitrogen and oxygen atoms in total. The number of aryl methyl sites for hydroxylation is 1. The van der Waals surface area contributed by atoms with Gasteiger partial charge in [0.2, 0.25) is 0 Å². The van der Waals surface area contributed by atoms with Crippen molar-refractivity contribution in [2.75, 3.05) is 18.5 Å². The molecule has 102 valence electrons. The lowest BCUT2D eigenvalue weighted by molar-refractivity contribution is -0.119. The number of halogens is 3. The van der Waals surface area contributed by atoms with Gasteiger partial charge >= 0.3 is 6.18 Å². The van der Waals surface area contributed by atoms with E-state index in [4.69, 9.17) is 5.73 Å². The smallest absolute Gasteiger partial charge is 0.366 e. The quantitative estimate of drug-likeness (QED) is 0.902. The fourth-order valence-corrected chi connectivity index (χ4v) is 1.85. The molecule has 0 radical (unpaired) electrons. The highest BCUT2D eigenvalue weighted by Crippen LogP contribution is 2.23. The molecule has 0 aromatic heterocycles. The average Bonchev–Trinajstić information content (AvgIpc) is 2.17. The third-order valence-corrected chi connectivity index (χ3v) is 2.73. The van der Waals surface area contributed by atoms with Crippen molar-refractivity contribution >= 4 is 5.69 Å². The first kappa shape index (κ1) is 14.8. The molecule has 0 saturated carbocycles. The summed E-state index contributed by atoms with van der Waals surface area (Å²) in [6.45, 7) is 2.85. The Morgan fingerprint density at radius 3 is 2.39 bits per heavy atom. The number of nitrogens with zero attached hydrogens (tertiary/aromatic N) is 1. The van der Waals surface area contributed by atoms with E-state index in [1.165, 1.54) is 11.9 Å². The normalized spacial score (nSPS) is 13.5. The summed E-state index contributed by atoms with van der Waals surface area (Å²) in [7, 11) is 1.44. The summed E-state index contributed by atoms with van der Waals surface area (Å²) < 4.78 is 36.9. The van der Waals surface area contributed by atoms with E-state index in [1.54, 1.807) is 12.1 Å². The summed E-state index contributed by atoms with van der Waals surface area (Å²) in [5.41, 5.74) is 8.33. The largest absolute Gasteiger partial charge is 0.405 e. The van der Waals surface area contributed by atoms with E-state index in [2.05, 4.69) is 0 Å². The molecule has 1 rings (SSSR count). The van der Waals surface area contributed by atoms with Crippen LogP contribution in [0.25, 0.3) is 0 Å². The van der Waals surface area contributed by atoms with Crippen molar-refractivity contribution < 1.29 is 13.2 Å². The Morgan fingerprint density at radius 2 is 1.94 bits per heavy atom. The van der Waals surface area contributed by atoms with E-state index in [0.717, 1.165) is 17.5 Å². The summed E-state index contributed by atoms with van der Waals surface area (Å²) in [4.78, 5) is 1.20. The van der Waals surface area contributed by atoms with Crippen molar-refractivity contribution in [2.45, 2.75) is 32.5 Å². The van der Waals surface area contributed by atoms with Crippen LogP contribution in [0.2, 0.25) is 0 Å². The molecule has 0 aliphatic heterocycles. The van der Waals surface area contributed by atoms with Gasteiger partial charge in [-0.25, -0.2) is 0 Å². The zero-order valence-corrected chi connectivity index (χ0v) is 10.9. The second kappa shape index (κ2) is 5.61. The van der Waals surface area contributed by atoms with Gasteiger partial charge in [0.05, 0.1) is 0 Å². The van der Waals surface area contributed by atoms with Gasteiger partial charge in [0.1, 0.15) is 6.54 Å². The number of hydrogen-bond donors (Lipinski definition) is 1. The Hall–Kier alpha value is -1.23. The number of alkyl halides is 3. The molecule has 0 spiro atoms. The van der Waals surface area contributed by atoms with Gasteiger partial charge in [-0.1, -0.05) is 6.07 Å². The van der Waals surface area contributed by atoms with Crippen LogP contribution in [0.1, 0.15) is 18.1 Å². The van der Waals surface area contributed by atoms with Crippen LogP contribution < -0.4 is 10.6 Å². The number of anilines is 1. The number of hydrogen-bond acceptors (Lipinski definition) is 2. The first-order valence-electron chi connectivity index (χ1n) is 5.82. The maximum atomic E-state index is 12.3. The Kier molecular flexibility index (Phi) is 4.62. The number of benzene rings is 1. The maximum Gasteiger partial charge on any atom is 0.405 e. The summed E-state index contributed by atoms with van der Waals surface area (Å²) in [6, 6.07) is 5.36. The lowest BCUT2D eigenvalue weighted by atomic mass is 10.0. The van der Waals surface area contributed by atoms with E-state index >= 15 is 0 Å². The van der Waals surface area contributed by atoms with Gasteiger partial charge in [0, 0.05) is 18.8 Å². The number of nitrogens with two attached hydrogens (primary N) is 1. The van der Waals surface area contributed by atoms with Crippen LogP contribution in [-0.4, -0.2) is 25.8 Å². The van der Waals surface area contributed by atoms with Gasteiger partial charge in [-0.2, -0.15) is 13.2 Å². The predicted octanol–water partition coefficient (Wildman–Crippen LogP) is 2.88. The Labute approximate surface area is 106 Å². The standard InChI is InChI=1S/C13H19F3N2/c1-9-6-12(18(3)8-13(14,15)16)5-4-11(9)7-10(2)17/h4-6,10H,7-8,17H2,1-3H3. The molecular formula is C13H19F3N2. The molecule has 0 aliphatic rings. The average molecular weight is 260 g/mol. The highest BCUT2D eigenvalue weighted by molar-refractivity contribution is 5.50. The molecule has 1 aromatic carbocycles. The third kappa shape index (κ3) is 4.56. The molecule has 0 fully saturated rings. The van der Waals surface area contributed by atoms with Crippen molar-refractivity contribution in [3.63, 3.8) is 0 Å². The van der Waals surface area contributed by atoms with Crippen LogP contribution >= 0.6 is 0 Å². The molecule has 1 aromatic rings. The van der Waals surface area contributed by atoms with Gasteiger partial charge in [-0.3, -0.25) is 0 Å². The predicted molar refractivity (Wildman–Crippen MR) is 67.9 cm³/mol. The molecule has 0 heterocycles. The SMILES string of the molecule is Cc1cc(N(C)CC(F)(F)F)ccc1CC(C)N. The summed E-state index contributed by atoms with van der Waals surface area (Å²) in [6.07, 6.45) is -3.46. The zero-order valence-electron chi connectivity index (χ0n) is 10.9. The number of rotatable bonds is 4. The minimum Gasteiger partial charge on any atom is -0.366 e. The summed E-state index contributed by atoms with van der Waals surface area (Å²) >= 11 is 0. The Morgan fingerprint density at radius 1 is 1.33 bits per heavy atom. The first-order chi connectivity index (χ1) is 8.19. The van der Waals surface area contributed by atoms with Crippen LogP contribution in [-0.2, 0) is 6.42 Å². The minimum atomic E-state index is -4.19. The molecule has 2 N–H and O–H groups in total. The van der Waals surface area contributed by atoms with Gasteiger partial charge in [0.15, 0.2) is 0 Å². The van der Waals surface area contributed by atoms with E-state index in [9.17, 15) is 13.2 Å². The van der Waals surface area contributed by atoms with E-state index in [0.29, 0.717) is 5.69 Å². The van der Waals surface area contributed by atoms with Gasteiger partial charge in [-0.05, 0) is 43.5 Å². The molecule has 0 saturated heterocycles. The molecule has 18 heavy (non-hydrogen) atoms. The van der Waals surface area contributed by atoms with Crippen LogP contribution in [0, 0.1) is 6.92 Å². The lowest BCUT2D eigenvalue weighted by Crippen LogP contribution is -2.30. The second-order valence-corrected chi connectivity index (χ2v) is 4.76. The van der Waals surface area contributed by atoms with Gasteiger partial charge < -0.3 is 10.6 Å². The minimum absolute atomic E-state index is 0.0439. The maximum absolute atomic E-state index is 12.3. The third-order valence-electron chi connectivity index (χ3n) is 2.73. The Balaban J connectivity index is 2.83. The molecule has 0 aliphatic carbocycles. The first-order valence-corrected chi connectivity index (χ1v) is 5.82. The topological polar surface area (TPSA) is 29.3 Å². The highest BCUT2D eigenvalue weighted by atomic mass is 19.4. The van der Waals surface area contributed by atoms with Crippen molar-refractivity contribution in [3.8, 4) is 0 Å². The monoisotopic (exact) mass is 260 g/mol. The van der Waals surface area contributed by atoms with Gasteiger partial charge in [-0.15, -0.1) is 0 Å². The van der Waals surface area contributed by atoms with Crippen LogP contribution in [0.15, 0.2) is 18.2 Å². The fourth-order valence-electron chi connectivity index (χ4n) is 1.85. The van der Waals surface area contributed by atoms with Crippen molar-refractivity contribution in [1.29, 1.82) is 0 Å².